The zero-order valence-corrected chi connectivity index (χ0v) is 12.3. The lowest BCUT2D eigenvalue weighted by Gasteiger charge is -2.38. The van der Waals surface area contributed by atoms with Gasteiger partial charge in [0.25, 0.3) is 0 Å². The second kappa shape index (κ2) is 6.36. The first-order chi connectivity index (χ1) is 8.62. The summed E-state index contributed by atoms with van der Waals surface area (Å²) in [5.74, 6) is 0.828. The van der Waals surface area contributed by atoms with Gasteiger partial charge in [0.05, 0.1) is 5.60 Å². The van der Waals surface area contributed by atoms with Gasteiger partial charge in [0, 0.05) is 25.7 Å². The topological polar surface area (TPSA) is 33.3 Å². The van der Waals surface area contributed by atoms with Crippen LogP contribution < -0.4 is 10.6 Å². The fourth-order valence-electron chi connectivity index (χ4n) is 3.42. The summed E-state index contributed by atoms with van der Waals surface area (Å²) in [6, 6.07) is 1.44. The molecule has 2 aliphatic rings. The van der Waals surface area contributed by atoms with E-state index in [-0.39, 0.29) is 5.60 Å². The number of ether oxygens (including phenoxy) is 1. The maximum absolute atomic E-state index is 5.51. The van der Waals surface area contributed by atoms with Crippen LogP contribution in [0.3, 0.4) is 0 Å². The largest absolute Gasteiger partial charge is 0.377 e. The number of rotatable bonds is 5. The molecule has 1 aliphatic heterocycles. The number of hydrogen-bond donors (Lipinski definition) is 2. The molecule has 2 fully saturated rings. The SMILES string of the molecule is COC(C)(C)CNC1CCCCC1C1CCCN1. The quantitative estimate of drug-likeness (QED) is 0.790. The smallest absolute Gasteiger partial charge is 0.0746 e. The molecule has 3 atom stereocenters. The molecule has 106 valence electrons. The lowest BCUT2D eigenvalue weighted by atomic mass is 9.79. The van der Waals surface area contributed by atoms with Crippen molar-refractivity contribution in [2.24, 2.45) is 5.92 Å². The molecule has 0 bridgehead atoms. The Labute approximate surface area is 112 Å². The zero-order valence-electron chi connectivity index (χ0n) is 12.3. The number of methoxy groups -OCH3 is 1. The first kappa shape index (κ1) is 14.3. The molecule has 2 N–H and O–H groups in total. The van der Waals surface area contributed by atoms with E-state index >= 15 is 0 Å². The Bertz CT molecular complexity index is 249. The van der Waals surface area contributed by atoms with E-state index in [1.807, 2.05) is 0 Å². The molecule has 1 heterocycles. The second-order valence-corrected chi connectivity index (χ2v) is 6.60. The normalized spacial score (nSPS) is 33.8. The predicted octanol–water partition coefficient (Wildman–Crippen LogP) is 2.31. The fraction of sp³-hybridized carbons (Fsp3) is 1.00. The molecule has 1 aliphatic carbocycles. The first-order valence-corrected chi connectivity index (χ1v) is 7.64. The third-order valence-corrected chi connectivity index (χ3v) is 4.78. The monoisotopic (exact) mass is 254 g/mol. The highest BCUT2D eigenvalue weighted by molar-refractivity contribution is 4.92. The molecular weight excluding hydrogens is 224 g/mol. The molecule has 0 amide bonds. The Morgan fingerprint density at radius 3 is 2.61 bits per heavy atom. The van der Waals surface area contributed by atoms with Gasteiger partial charge in [0.2, 0.25) is 0 Å². The Kier molecular flexibility index (Phi) is 5.05. The van der Waals surface area contributed by atoms with Crippen molar-refractivity contribution in [3.05, 3.63) is 0 Å². The maximum atomic E-state index is 5.51. The number of nitrogens with one attached hydrogen (secondary N) is 2. The van der Waals surface area contributed by atoms with Gasteiger partial charge in [0.15, 0.2) is 0 Å². The van der Waals surface area contributed by atoms with E-state index in [2.05, 4.69) is 24.5 Å². The van der Waals surface area contributed by atoms with Gasteiger partial charge in [-0.1, -0.05) is 12.8 Å². The Hall–Kier alpha value is -0.120. The highest BCUT2D eigenvalue weighted by Crippen LogP contribution is 2.30. The first-order valence-electron chi connectivity index (χ1n) is 7.64. The summed E-state index contributed by atoms with van der Waals surface area (Å²) < 4.78 is 5.51. The number of hydrogen-bond acceptors (Lipinski definition) is 3. The zero-order chi connectivity index (χ0) is 13.0. The summed E-state index contributed by atoms with van der Waals surface area (Å²) in [5.41, 5.74) is -0.0505. The molecule has 3 nitrogen and oxygen atoms in total. The van der Waals surface area contributed by atoms with Crippen LogP contribution in [0.1, 0.15) is 52.4 Å². The molecule has 1 saturated carbocycles. The lowest BCUT2D eigenvalue weighted by molar-refractivity contribution is 0.0170. The summed E-state index contributed by atoms with van der Waals surface area (Å²) >= 11 is 0. The van der Waals surface area contributed by atoms with Crippen LogP contribution >= 0.6 is 0 Å². The fourth-order valence-corrected chi connectivity index (χ4v) is 3.42. The minimum atomic E-state index is -0.0505. The van der Waals surface area contributed by atoms with E-state index < -0.39 is 0 Å². The Balaban J connectivity index is 1.87. The van der Waals surface area contributed by atoms with Crippen LogP contribution in [0.5, 0.6) is 0 Å². The van der Waals surface area contributed by atoms with E-state index in [4.69, 9.17) is 4.74 Å². The molecular formula is C15H30N2O. The van der Waals surface area contributed by atoms with Crippen LogP contribution in [0.15, 0.2) is 0 Å². The van der Waals surface area contributed by atoms with Crippen molar-refractivity contribution in [2.75, 3.05) is 20.2 Å². The van der Waals surface area contributed by atoms with Crippen molar-refractivity contribution in [3.63, 3.8) is 0 Å². The minimum Gasteiger partial charge on any atom is -0.377 e. The summed E-state index contributed by atoms with van der Waals surface area (Å²) in [7, 11) is 1.80. The maximum Gasteiger partial charge on any atom is 0.0746 e. The third-order valence-electron chi connectivity index (χ3n) is 4.78. The van der Waals surface area contributed by atoms with Crippen LogP contribution in [-0.2, 0) is 4.74 Å². The molecule has 3 unspecified atom stereocenters. The van der Waals surface area contributed by atoms with Gasteiger partial charge in [-0.3, -0.25) is 0 Å². The summed E-state index contributed by atoms with van der Waals surface area (Å²) in [4.78, 5) is 0. The standard InChI is InChI=1S/C15H30N2O/c1-15(2,18-3)11-17-14-8-5-4-7-12(14)13-9-6-10-16-13/h12-14,16-17H,4-11H2,1-3H3. The van der Waals surface area contributed by atoms with E-state index in [1.54, 1.807) is 7.11 Å². The van der Waals surface area contributed by atoms with Crippen molar-refractivity contribution >= 4 is 0 Å². The summed E-state index contributed by atoms with van der Waals surface area (Å²) in [6.45, 7) is 6.49. The van der Waals surface area contributed by atoms with Crippen LogP contribution in [0, 0.1) is 5.92 Å². The van der Waals surface area contributed by atoms with E-state index in [9.17, 15) is 0 Å². The molecule has 0 aromatic carbocycles. The second-order valence-electron chi connectivity index (χ2n) is 6.60. The molecule has 0 aromatic heterocycles. The van der Waals surface area contributed by atoms with Crippen molar-refractivity contribution in [2.45, 2.75) is 70.1 Å². The predicted molar refractivity (Wildman–Crippen MR) is 75.9 cm³/mol. The highest BCUT2D eigenvalue weighted by atomic mass is 16.5. The van der Waals surface area contributed by atoms with Crippen molar-refractivity contribution in [3.8, 4) is 0 Å². The average molecular weight is 254 g/mol. The van der Waals surface area contributed by atoms with E-state index in [1.165, 1.54) is 45.1 Å². The average Bonchev–Trinajstić information content (AvgIpc) is 2.91. The minimum absolute atomic E-state index is 0.0505. The lowest BCUT2D eigenvalue weighted by Crippen LogP contribution is -2.50. The molecule has 0 aromatic rings. The molecule has 3 heteroatoms. The molecule has 2 rings (SSSR count). The van der Waals surface area contributed by atoms with Gasteiger partial charge in [-0.25, -0.2) is 0 Å². The summed E-state index contributed by atoms with van der Waals surface area (Å²) in [5, 5.41) is 7.47. The molecule has 18 heavy (non-hydrogen) atoms. The van der Waals surface area contributed by atoms with Crippen molar-refractivity contribution < 1.29 is 4.74 Å². The Morgan fingerprint density at radius 2 is 1.94 bits per heavy atom. The highest BCUT2D eigenvalue weighted by Gasteiger charge is 2.33. The molecule has 0 radical (unpaired) electrons. The van der Waals surface area contributed by atoms with Crippen LogP contribution in [-0.4, -0.2) is 37.9 Å². The molecule has 0 spiro atoms. The van der Waals surface area contributed by atoms with Crippen LogP contribution in [0.25, 0.3) is 0 Å². The van der Waals surface area contributed by atoms with Gasteiger partial charge < -0.3 is 15.4 Å². The van der Waals surface area contributed by atoms with E-state index in [0.29, 0.717) is 6.04 Å². The van der Waals surface area contributed by atoms with Crippen LogP contribution in [0.2, 0.25) is 0 Å². The van der Waals surface area contributed by atoms with E-state index in [0.717, 1.165) is 18.5 Å². The van der Waals surface area contributed by atoms with Gasteiger partial charge in [-0.15, -0.1) is 0 Å². The van der Waals surface area contributed by atoms with Gasteiger partial charge >= 0.3 is 0 Å². The van der Waals surface area contributed by atoms with Gasteiger partial charge in [-0.2, -0.15) is 0 Å². The van der Waals surface area contributed by atoms with Crippen molar-refractivity contribution in [1.82, 2.24) is 10.6 Å². The van der Waals surface area contributed by atoms with Gasteiger partial charge in [0.1, 0.15) is 0 Å². The third kappa shape index (κ3) is 3.69. The summed E-state index contributed by atoms with van der Waals surface area (Å²) in [6.07, 6.45) is 8.25. The van der Waals surface area contributed by atoms with Crippen molar-refractivity contribution in [1.29, 1.82) is 0 Å². The Morgan fingerprint density at radius 1 is 1.17 bits per heavy atom. The van der Waals surface area contributed by atoms with Gasteiger partial charge in [-0.05, 0) is 52.0 Å². The molecule has 1 saturated heterocycles. The van der Waals surface area contributed by atoms with Crippen LogP contribution in [0.4, 0.5) is 0 Å².